The van der Waals surface area contributed by atoms with Crippen LogP contribution in [-0.4, -0.2) is 47.3 Å². The summed E-state index contributed by atoms with van der Waals surface area (Å²) in [5.74, 6) is -0.386. The number of aromatic carboxylic acids is 1. The van der Waals surface area contributed by atoms with Crippen LogP contribution in [0.15, 0.2) is 54.6 Å². The zero-order chi connectivity index (χ0) is 19.6. The first-order valence-electron chi connectivity index (χ1n) is 10.0. The molecule has 1 heterocycles. The number of carboxylic acids is 1. The molecular formula is C23H27FN2O2. The molecule has 2 N–H and O–H groups in total. The lowest BCUT2D eigenvalue weighted by Crippen LogP contribution is -2.47. The summed E-state index contributed by atoms with van der Waals surface area (Å²) < 4.78 is 15.2. The molecule has 2 aliphatic rings. The molecule has 0 amide bonds. The van der Waals surface area contributed by atoms with E-state index in [9.17, 15) is 4.79 Å². The third-order valence-electron chi connectivity index (χ3n) is 6.06. The first-order valence-corrected chi connectivity index (χ1v) is 10.0. The summed E-state index contributed by atoms with van der Waals surface area (Å²) in [5, 5.41) is 12.4. The molecule has 0 radical (unpaired) electrons. The molecule has 0 spiro atoms. The molecule has 2 unspecified atom stereocenters. The molecule has 4 rings (SSSR count). The van der Waals surface area contributed by atoms with Gasteiger partial charge in [0.2, 0.25) is 0 Å². The van der Waals surface area contributed by atoms with Gasteiger partial charge in [-0.1, -0.05) is 42.5 Å². The Balaban J connectivity index is 1.22. The molecule has 0 bridgehead atoms. The number of hydrogen-bond donors (Lipinski definition) is 2. The van der Waals surface area contributed by atoms with Crippen molar-refractivity contribution in [3.8, 4) is 0 Å². The van der Waals surface area contributed by atoms with Crippen LogP contribution in [0.3, 0.4) is 0 Å². The number of carboxylic acid groups (broad SMARTS) is 1. The van der Waals surface area contributed by atoms with E-state index in [2.05, 4.69) is 34.5 Å². The van der Waals surface area contributed by atoms with Gasteiger partial charge in [-0.3, -0.25) is 4.90 Å². The van der Waals surface area contributed by atoms with Crippen LogP contribution in [-0.2, 0) is 6.54 Å². The Labute approximate surface area is 165 Å². The third kappa shape index (κ3) is 4.59. The summed E-state index contributed by atoms with van der Waals surface area (Å²) in [6.07, 6.45) is 2.17. The fourth-order valence-corrected chi connectivity index (χ4v) is 4.10. The number of halogens is 1. The Morgan fingerprint density at radius 2 is 1.79 bits per heavy atom. The average Bonchev–Trinajstić information content (AvgIpc) is 3.50. The molecule has 1 aliphatic heterocycles. The molecule has 5 heteroatoms. The number of alkyl halides is 1. The normalized spacial score (nSPS) is 24.0. The van der Waals surface area contributed by atoms with Crippen LogP contribution >= 0.6 is 0 Å². The molecule has 2 atom stereocenters. The Bertz CT molecular complexity index is 801. The lowest BCUT2D eigenvalue weighted by molar-refractivity contribution is 0.0543. The highest BCUT2D eigenvalue weighted by Gasteiger charge is 2.41. The summed E-state index contributed by atoms with van der Waals surface area (Å²) in [7, 11) is 0. The molecule has 1 saturated carbocycles. The van der Waals surface area contributed by atoms with Gasteiger partial charge < -0.3 is 10.4 Å². The summed E-state index contributed by atoms with van der Waals surface area (Å²) in [6.45, 7) is 2.63. The molecule has 0 aromatic heterocycles. The molecule has 1 saturated heterocycles. The molecule has 2 aromatic rings. The van der Waals surface area contributed by atoms with E-state index in [1.54, 1.807) is 12.1 Å². The van der Waals surface area contributed by atoms with Crippen LogP contribution in [0.5, 0.6) is 0 Å². The minimum Gasteiger partial charge on any atom is -0.478 e. The molecule has 148 valence electrons. The maximum absolute atomic E-state index is 15.2. The van der Waals surface area contributed by atoms with Gasteiger partial charge in [0.25, 0.3) is 0 Å². The van der Waals surface area contributed by atoms with Crippen LogP contribution < -0.4 is 5.32 Å². The number of piperidine rings is 1. The molecule has 2 fully saturated rings. The van der Waals surface area contributed by atoms with E-state index in [1.165, 1.54) is 5.56 Å². The van der Waals surface area contributed by atoms with Crippen molar-refractivity contribution in [3.63, 3.8) is 0 Å². The fourth-order valence-electron chi connectivity index (χ4n) is 4.10. The topological polar surface area (TPSA) is 52.6 Å². The maximum Gasteiger partial charge on any atom is 0.335 e. The summed E-state index contributed by atoms with van der Waals surface area (Å²) >= 11 is 0. The number of hydrogen-bond acceptors (Lipinski definition) is 3. The minimum absolute atomic E-state index is 0.296. The smallest absolute Gasteiger partial charge is 0.335 e. The van der Waals surface area contributed by atoms with Crippen molar-refractivity contribution in [3.05, 3.63) is 71.3 Å². The van der Waals surface area contributed by atoms with Gasteiger partial charge in [0, 0.05) is 38.1 Å². The van der Waals surface area contributed by atoms with Crippen LogP contribution in [0.2, 0.25) is 0 Å². The van der Waals surface area contributed by atoms with Crippen LogP contribution in [0.4, 0.5) is 4.39 Å². The van der Waals surface area contributed by atoms with E-state index < -0.39 is 11.6 Å². The second-order valence-corrected chi connectivity index (χ2v) is 8.17. The van der Waals surface area contributed by atoms with Crippen molar-refractivity contribution in [2.75, 3.05) is 19.6 Å². The van der Waals surface area contributed by atoms with E-state index in [0.29, 0.717) is 36.9 Å². The van der Waals surface area contributed by atoms with Gasteiger partial charge in [-0.15, -0.1) is 0 Å². The van der Waals surface area contributed by atoms with Crippen molar-refractivity contribution < 1.29 is 14.3 Å². The Morgan fingerprint density at radius 3 is 2.43 bits per heavy atom. The lowest BCUT2D eigenvalue weighted by atomic mass is 9.92. The van der Waals surface area contributed by atoms with E-state index in [4.69, 9.17) is 5.11 Å². The first-order chi connectivity index (χ1) is 13.5. The third-order valence-corrected chi connectivity index (χ3v) is 6.06. The molecular weight excluding hydrogens is 355 g/mol. The number of carbonyl (C=O) groups is 1. The maximum atomic E-state index is 15.2. The van der Waals surface area contributed by atoms with Crippen molar-refractivity contribution >= 4 is 5.97 Å². The number of benzene rings is 2. The van der Waals surface area contributed by atoms with Gasteiger partial charge in [-0.05, 0) is 42.5 Å². The van der Waals surface area contributed by atoms with Gasteiger partial charge in [0.1, 0.15) is 5.67 Å². The Kier molecular flexibility index (Phi) is 5.47. The van der Waals surface area contributed by atoms with Crippen molar-refractivity contribution in [1.29, 1.82) is 0 Å². The van der Waals surface area contributed by atoms with Gasteiger partial charge in [-0.25, -0.2) is 9.18 Å². The highest BCUT2D eigenvalue weighted by Crippen LogP contribution is 2.41. The standard InChI is InChI=1S/C23H27FN2O2/c24-23(16-25-21-14-20(21)18-4-2-1-3-5-18)10-12-26(13-11-23)15-17-6-8-19(9-7-17)22(27)28/h1-9,20-21,25H,10-16H2,(H,27,28). The van der Waals surface area contributed by atoms with E-state index in [-0.39, 0.29) is 0 Å². The zero-order valence-corrected chi connectivity index (χ0v) is 16.0. The highest BCUT2D eigenvalue weighted by atomic mass is 19.1. The van der Waals surface area contributed by atoms with Crippen LogP contribution in [0.1, 0.15) is 46.7 Å². The number of nitrogens with one attached hydrogen (secondary N) is 1. The molecule has 1 aliphatic carbocycles. The summed E-state index contributed by atoms with van der Waals surface area (Å²) in [4.78, 5) is 13.2. The monoisotopic (exact) mass is 382 g/mol. The SMILES string of the molecule is O=C(O)c1ccc(CN2CCC(F)(CNC3CC3c3ccccc3)CC2)cc1. The van der Waals surface area contributed by atoms with Crippen molar-refractivity contribution in [2.24, 2.45) is 0 Å². The number of likely N-dealkylation sites (tertiary alicyclic amines) is 1. The quantitative estimate of drug-likeness (QED) is 0.764. The highest BCUT2D eigenvalue weighted by molar-refractivity contribution is 5.87. The van der Waals surface area contributed by atoms with Gasteiger partial charge in [-0.2, -0.15) is 0 Å². The van der Waals surface area contributed by atoms with Crippen LogP contribution in [0.25, 0.3) is 0 Å². The van der Waals surface area contributed by atoms with E-state index >= 15 is 4.39 Å². The van der Waals surface area contributed by atoms with Crippen molar-refractivity contribution in [1.82, 2.24) is 10.2 Å². The van der Waals surface area contributed by atoms with Gasteiger partial charge in [0.15, 0.2) is 0 Å². The van der Waals surface area contributed by atoms with Crippen molar-refractivity contribution in [2.45, 2.75) is 43.4 Å². The average molecular weight is 382 g/mol. The first kappa shape index (κ1) is 19.1. The summed E-state index contributed by atoms with van der Waals surface area (Å²) in [5.41, 5.74) is 1.58. The largest absolute Gasteiger partial charge is 0.478 e. The summed E-state index contributed by atoms with van der Waals surface area (Å²) in [6, 6.07) is 17.8. The Morgan fingerprint density at radius 1 is 1.11 bits per heavy atom. The van der Waals surface area contributed by atoms with E-state index in [0.717, 1.165) is 31.6 Å². The van der Waals surface area contributed by atoms with Gasteiger partial charge in [0.05, 0.1) is 5.56 Å². The molecule has 28 heavy (non-hydrogen) atoms. The van der Waals surface area contributed by atoms with E-state index in [1.807, 2.05) is 18.2 Å². The second-order valence-electron chi connectivity index (χ2n) is 8.17. The number of rotatable bonds is 7. The zero-order valence-electron chi connectivity index (χ0n) is 16.0. The molecule has 4 nitrogen and oxygen atoms in total. The number of nitrogens with zero attached hydrogens (tertiary/aromatic N) is 1. The minimum atomic E-state index is -1.13. The van der Waals surface area contributed by atoms with Gasteiger partial charge >= 0.3 is 5.97 Å². The predicted octanol–water partition coefficient (Wildman–Crippen LogP) is 3.83. The Hall–Kier alpha value is -2.24. The predicted molar refractivity (Wildman–Crippen MR) is 107 cm³/mol. The lowest BCUT2D eigenvalue weighted by Gasteiger charge is -2.36. The fraction of sp³-hybridized carbons (Fsp3) is 0.435. The van der Waals surface area contributed by atoms with Crippen LogP contribution in [0, 0.1) is 0 Å². The second kappa shape index (κ2) is 8.02. The molecule has 2 aromatic carbocycles.